The Bertz CT molecular complexity index is 387. The zero-order chi connectivity index (χ0) is 11.3. The van der Waals surface area contributed by atoms with Crippen LogP contribution in [0.5, 0.6) is 0 Å². The van der Waals surface area contributed by atoms with Crippen molar-refractivity contribution >= 4 is 11.6 Å². The van der Waals surface area contributed by atoms with Gasteiger partial charge in [-0.25, -0.2) is 0 Å². The summed E-state index contributed by atoms with van der Waals surface area (Å²) in [6.45, 7) is -0.223. The number of benzene rings is 1. The van der Waals surface area contributed by atoms with Gasteiger partial charge in [0, 0.05) is 11.6 Å². The number of hydrogen-bond acceptors (Lipinski definition) is 3. The first-order valence-electron chi connectivity index (χ1n) is 4.07. The molecule has 0 fully saturated rings. The molecule has 0 heterocycles. The summed E-state index contributed by atoms with van der Waals surface area (Å²) in [5.74, 6) is 2.14. The van der Waals surface area contributed by atoms with Crippen molar-refractivity contribution < 1.29 is 9.66 Å². The van der Waals surface area contributed by atoms with Gasteiger partial charge in [0.15, 0.2) is 0 Å². The van der Waals surface area contributed by atoms with Crippen LogP contribution in [0.2, 0.25) is 0 Å². The molecule has 0 spiro atoms. The second kappa shape index (κ2) is 4.78. The molecular formula is C10H8ClNO3. The minimum absolute atomic E-state index is 0.223. The number of terminal acetylenes is 1. The summed E-state index contributed by atoms with van der Waals surface area (Å²) in [6, 6.07) is 8.00. The predicted molar refractivity (Wildman–Crippen MR) is 55.8 cm³/mol. The third-order valence-corrected chi connectivity index (χ3v) is 2.18. The predicted octanol–water partition coefficient (Wildman–Crippen LogP) is 1.96. The quantitative estimate of drug-likeness (QED) is 0.197. The number of rotatable bonds is 4. The van der Waals surface area contributed by atoms with Gasteiger partial charge in [0.2, 0.25) is 0 Å². The number of ether oxygens (including phenoxy) is 1. The van der Waals surface area contributed by atoms with E-state index >= 15 is 0 Å². The van der Waals surface area contributed by atoms with E-state index < -0.39 is 10.1 Å². The van der Waals surface area contributed by atoms with E-state index in [1.165, 1.54) is 12.1 Å². The molecule has 0 radical (unpaired) electrons. The molecule has 0 saturated heterocycles. The van der Waals surface area contributed by atoms with Gasteiger partial charge in [-0.2, -0.15) is 0 Å². The summed E-state index contributed by atoms with van der Waals surface area (Å²) in [5, 5.41) is 8.70. The van der Waals surface area contributed by atoms with E-state index in [4.69, 9.17) is 22.8 Å². The molecule has 1 aromatic rings. The van der Waals surface area contributed by atoms with E-state index in [-0.39, 0.29) is 12.2 Å². The fourth-order valence-corrected chi connectivity index (χ4v) is 1.20. The second-order valence-electron chi connectivity index (χ2n) is 2.68. The summed E-state index contributed by atoms with van der Waals surface area (Å²) in [6.07, 6.45) is 4.96. The molecule has 0 saturated carbocycles. The van der Waals surface area contributed by atoms with Crippen molar-refractivity contribution in [3.05, 3.63) is 46.0 Å². The first kappa shape index (κ1) is 11.5. The topological polar surface area (TPSA) is 52.4 Å². The van der Waals surface area contributed by atoms with Crippen LogP contribution in [0.3, 0.4) is 0 Å². The van der Waals surface area contributed by atoms with Crippen LogP contribution in [0, 0.1) is 22.5 Å². The van der Waals surface area contributed by atoms with E-state index in [0.29, 0.717) is 0 Å². The van der Waals surface area contributed by atoms with Gasteiger partial charge in [-0.1, -0.05) is 24.1 Å². The molecule has 0 aliphatic heterocycles. The Labute approximate surface area is 92.0 Å². The van der Waals surface area contributed by atoms with Crippen LogP contribution in [0.15, 0.2) is 30.3 Å². The maximum atomic E-state index is 10.8. The first-order valence-corrected chi connectivity index (χ1v) is 4.45. The third kappa shape index (κ3) is 2.46. The highest BCUT2D eigenvalue weighted by molar-refractivity contribution is 6.21. The number of nitro groups is 1. The monoisotopic (exact) mass is 225 g/mol. The maximum Gasteiger partial charge on any atom is 0.432 e. The highest BCUT2D eigenvalue weighted by Crippen LogP contribution is 2.30. The zero-order valence-corrected chi connectivity index (χ0v) is 8.48. The van der Waals surface area contributed by atoms with Gasteiger partial charge < -0.3 is 0 Å². The van der Waals surface area contributed by atoms with Gasteiger partial charge in [0.1, 0.15) is 6.61 Å². The molecule has 5 heteroatoms. The van der Waals surface area contributed by atoms with E-state index in [0.717, 1.165) is 0 Å². The lowest BCUT2D eigenvalue weighted by molar-refractivity contribution is -0.607. The Kier molecular flexibility index (Phi) is 3.67. The fourth-order valence-electron chi connectivity index (χ4n) is 1.02. The third-order valence-electron chi connectivity index (χ3n) is 1.71. The molecule has 15 heavy (non-hydrogen) atoms. The largest absolute Gasteiger partial charge is 0.432 e. The van der Waals surface area contributed by atoms with Crippen molar-refractivity contribution in [2.75, 3.05) is 6.61 Å². The summed E-state index contributed by atoms with van der Waals surface area (Å²) in [5.41, 5.74) is 0.243. The maximum absolute atomic E-state index is 10.8. The van der Waals surface area contributed by atoms with Crippen LogP contribution in [-0.4, -0.2) is 11.5 Å². The molecule has 0 N–H and O–H groups in total. The molecule has 1 aromatic carbocycles. The lowest BCUT2D eigenvalue weighted by Gasteiger charge is -2.17. The molecule has 4 nitrogen and oxygen atoms in total. The van der Waals surface area contributed by atoms with E-state index in [1.54, 1.807) is 18.2 Å². The SMILES string of the molecule is C#CCOC(Cl)(c1ccccc1)[N+](=O)[O-]. The normalized spacial score (nSPS) is 13.9. The average molecular weight is 226 g/mol. The van der Waals surface area contributed by atoms with E-state index in [2.05, 4.69) is 5.92 Å². The van der Waals surface area contributed by atoms with Gasteiger partial charge in [-0.3, -0.25) is 14.9 Å². The van der Waals surface area contributed by atoms with E-state index in [9.17, 15) is 10.1 Å². The van der Waals surface area contributed by atoms with Crippen molar-refractivity contribution in [2.24, 2.45) is 0 Å². The molecule has 78 valence electrons. The standard InChI is InChI=1S/C10H8ClNO3/c1-2-8-15-10(11,12(13)14)9-6-4-3-5-7-9/h1,3-7H,8H2. The van der Waals surface area contributed by atoms with Gasteiger partial charge in [-0.15, -0.1) is 6.42 Å². The number of halogens is 1. The number of nitrogens with zero attached hydrogens (tertiary/aromatic N) is 1. The van der Waals surface area contributed by atoms with Crippen LogP contribution in [0.25, 0.3) is 0 Å². The highest BCUT2D eigenvalue weighted by Gasteiger charge is 2.44. The zero-order valence-electron chi connectivity index (χ0n) is 7.72. The molecule has 0 aliphatic carbocycles. The van der Waals surface area contributed by atoms with Crippen molar-refractivity contribution in [3.63, 3.8) is 0 Å². The van der Waals surface area contributed by atoms with Gasteiger partial charge in [-0.05, 0) is 12.1 Å². The van der Waals surface area contributed by atoms with Gasteiger partial charge in [0.05, 0.1) is 10.5 Å². The molecule has 1 unspecified atom stereocenters. The van der Waals surface area contributed by atoms with Crippen molar-refractivity contribution in [1.29, 1.82) is 0 Å². The summed E-state index contributed by atoms with van der Waals surface area (Å²) >= 11 is 5.76. The van der Waals surface area contributed by atoms with Crippen LogP contribution in [0.4, 0.5) is 0 Å². The molecule has 0 amide bonds. The fraction of sp³-hybridized carbons (Fsp3) is 0.200. The van der Waals surface area contributed by atoms with Crippen LogP contribution < -0.4 is 0 Å². The molecule has 1 rings (SSSR count). The minimum atomic E-state index is -2.10. The van der Waals surface area contributed by atoms with E-state index in [1.807, 2.05) is 0 Å². The van der Waals surface area contributed by atoms with Gasteiger partial charge in [0.25, 0.3) is 0 Å². The number of alkyl halides is 1. The number of hydrogen-bond donors (Lipinski definition) is 0. The van der Waals surface area contributed by atoms with Crippen molar-refractivity contribution in [1.82, 2.24) is 0 Å². The molecule has 1 atom stereocenters. The van der Waals surface area contributed by atoms with Gasteiger partial charge >= 0.3 is 5.18 Å². The lowest BCUT2D eigenvalue weighted by atomic mass is 10.2. The lowest BCUT2D eigenvalue weighted by Crippen LogP contribution is -2.32. The summed E-state index contributed by atoms with van der Waals surface area (Å²) in [4.78, 5) is 10.1. The summed E-state index contributed by atoms with van der Waals surface area (Å²) < 4.78 is 4.86. The van der Waals surface area contributed by atoms with Crippen LogP contribution >= 0.6 is 11.6 Å². The molecule has 0 aromatic heterocycles. The Morgan fingerprint density at radius 2 is 2.13 bits per heavy atom. The Balaban J connectivity index is 3.03. The first-order chi connectivity index (χ1) is 7.11. The highest BCUT2D eigenvalue weighted by atomic mass is 35.5. The minimum Gasteiger partial charge on any atom is -0.285 e. The molecule has 0 aliphatic rings. The Hall–Kier alpha value is -1.57. The van der Waals surface area contributed by atoms with Crippen molar-refractivity contribution in [2.45, 2.75) is 5.18 Å². The Morgan fingerprint density at radius 1 is 1.53 bits per heavy atom. The Morgan fingerprint density at radius 3 is 2.60 bits per heavy atom. The second-order valence-corrected chi connectivity index (χ2v) is 3.19. The van der Waals surface area contributed by atoms with Crippen LogP contribution in [0.1, 0.15) is 5.56 Å². The average Bonchev–Trinajstić information content (AvgIpc) is 2.27. The molecular weight excluding hydrogens is 218 g/mol. The molecule has 0 bridgehead atoms. The summed E-state index contributed by atoms with van der Waals surface area (Å²) in [7, 11) is 0. The smallest absolute Gasteiger partial charge is 0.285 e. The van der Waals surface area contributed by atoms with Crippen molar-refractivity contribution in [3.8, 4) is 12.3 Å². The van der Waals surface area contributed by atoms with Crippen LogP contribution in [-0.2, 0) is 9.92 Å².